The predicted octanol–water partition coefficient (Wildman–Crippen LogP) is 3.28. The van der Waals surface area contributed by atoms with Gasteiger partial charge >= 0.3 is 0 Å². The van der Waals surface area contributed by atoms with Gasteiger partial charge in [0.15, 0.2) is 0 Å². The van der Waals surface area contributed by atoms with Crippen molar-refractivity contribution < 1.29 is 0 Å². The van der Waals surface area contributed by atoms with Crippen LogP contribution in [0.2, 0.25) is 0 Å². The van der Waals surface area contributed by atoms with Gasteiger partial charge < -0.3 is 0 Å². The number of hydrogen-bond donors (Lipinski definition) is 0. The van der Waals surface area contributed by atoms with Crippen LogP contribution >= 0.6 is 0 Å². The van der Waals surface area contributed by atoms with Gasteiger partial charge in [-0.1, -0.05) is 34.6 Å². The van der Waals surface area contributed by atoms with Crippen molar-refractivity contribution in [2.75, 3.05) is 0 Å². The van der Waals surface area contributed by atoms with Crippen LogP contribution in [0.25, 0.3) is 0 Å². The topological polar surface area (TPSA) is 0 Å². The Morgan fingerprint density at radius 2 is 1.78 bits per heavy atom. The molecule has 0 fully saturated rings. The fraction of sp³-hybridized carbons (Fsp3) is 0.889. The molecule has 9 heavy (non-hydrogen) atoms. The van der Waals surface area contributed by atoms with Crippen LogP contribution in [0.1, 0.15) is 40.5 Å². The Bertz CT molecular complexity index is 70.1. The molecule has 0 aromatic carbocycles. The van der Waals surface area contributed by atoms with Crippen LogP contribution in [0.4, 0.5) is 0 Å². The summed E-state index contributed by atoms with van der Waals surface area (Å²) in [6.45, 7) is 13.0. The quantitative estimate of drug-likeness (QED) is 0.545. The molecular formula is C9H19. The van der Waals surface area contributed by atoms with E-state index in [1.807, 2.05) is 0 Å². The molecule has 0 aliphatic heterocycles. The van der Waals surface area contributed by atoms with E-state index in [2.05, 4.69) is 34.6 Å². The first-order valence-corrected chi connectivity index (χ1v) is 3.77. The molecule has 55 valence electrons. The van der Waals surface area contributed by atoms with Gasteiger partial charge in [-0.05, 0) is 24.2 Å². The largest absolute Gasteiger partial charge is 0.0628 e. The third-order valence-corrected chi connectivity index (χ3v) is 1.64. The Morgan fingerprint density at radius 3 is 1.89 bits per heavy atom. The Hall–Kier alpha value is 0. The lowest BCUT2D eigenvalue weighted by atomic mass is 9.82. The summed E-state index contributed by atoms with van der Waals surface area (Å²) in [5.41, 5.74) is 0.453. The van der Waals surface area contributed by atoms with Crippen molar-refractivity contribution in [3.05, 3.63) is 6.92 Å². The highest BCUT2D eigenvalue weighted by atomic mass is 14.2. The molecule has 0 bridgehead atoms. The number of rotatable bonds is 3. The first-order valence-electron chi connectivity index (χ1n) is 3.77. The summed E-state index contributed by atoms with van der Waals surface area (Å²) in [5, 5.41) is 0. The zero-order chi connectivity index (χ0) is 7.49. The molecule has 0 amide bonds. The summed E-state index contributed by atoms with van der Waals surface area (Å²) < 4.78 is 0. The zero-order valence-corrected chi connectivity index (χ0v) is 7.20. The molecule has 0 aliphatic carbocycles. The SMILES string of the molecule is [CH2]CC(C)(C)CC(C)C. The molecule has 0 atom stereocenters. The van der Waals surface area contributed by atoms with E-state index in [0.717, 1.165) is 12.3 Å². The molecule has 0 nitrogen and oxygen atoms in total. The summed E-state index contributed by atoms with van der Waals surface area (Å²) in [4.78, 5) is 0. The second-order valence-corrected chi connectivity index (χ2v) is 4.01. The van der Waals surface area contributed by atoms with Crippen molar-refractivity contribution >= 4 is 0 Å². The summed E-state index contributed by atoms with van der Waals surface area (Å²) in [5.74, 6) is 0.807. The minimum absolute atomic E-state index is 0.453. The molecule has 0 saturated carbocycles. The molecular weight excluding hydrogens is 108 g/mol. The van der Waals surface area contributed by atoms with E-state index in [1.54, 1.807) is 0 Å². The highest BCUT2D eigenvalue weighted by Gasteiger charge is 2.15. The fourth-order valence-electron chi connectivity index (χ4n) is 1.21. The Morgan fingerprint density at radius 1 is 1.33 bits per heavy atom. The van der Waals surface area contributed by atoms with Gasteiger partial charge in [-0.15, -0.1) is 0 Å². The van der Waals surface area contributed by atoms with E-state index in [0.29, 0.717) is 5.41 Å². The minimum Gasteiger partial charge on any atom is -0.0628 e. The molecule has 0 N–H and O–H groups in total. The number of hydrogen-bond acceptors (Lipinski definition) is 0. The predicted molar refractivity (Wildman–Crippen MR) is 43.2 cm³/mol. The smallest absolute Gasteiger partial charge is 0.0352 e. The second kappa shape index (κ2) is 3.24. The van der Waals surface area contributed by atoms with E-state index in [1.165, 1.54) is 6.42 Å². The fourth-order valence-corrected chi connectivity index (χ4v) is 1.21. The van der Waals surface area contributed by atoms with Crippen molar-refractivity contribution in [1.29, 1.82) is 0 Å². The van der Waals surface area contributed by atoms with Gasteiger partial charge in [0.2, 0.25) is 0 Å². The lowest BCUT2D eigenvalue weighted by Crippen LogP contribution is -2.12. The van der Waals surface area contributed by atoms with Crippen LogP contribution in [0.15, 0.2) is 0 Å². The molecule has 0 rings (SSSR count). The Balaban J connectivity index is 3.58. The maximum Gasteiger partial charge on any atom is -0.0352 e. The molecule has 0 aromatic heterocycles. The lowest BCUT2D eigenvalue weighted by molar-refractivity contribution is 0.289. The van der Waals surface area contributed by atoms with Crippen molar-refractivity contribution in [3.8, 4) is 0 Å². The van der Waals surface area contributed by atoms with Crippen molar-refractivity contribution in [3.63, 3.8) is 0 Å². The van der Waals surface area contributed by atoms with Crippen molar-refractivity contribution in [2.24, 2.45) is 11.3 Å². The summed E-state index contributed by atoms with van der Waals surface area (Å²) >= 11 is 0. The highest BCUT2D eigenvalue weighted by molar-refractivity contribution is 4.70. The van der Waals surface area contributed by atoms with Gasteiger partial charge in [0.05, 0.1) is 0 Å². The monoisotopic (exact) mass is 127 g/mol. The highest BCUT2D eigenvalue weighted by Crippen LogP contribution is 2.27. The Kier molecular flexibility index (Phi) is 3.24. The van der Waals surface area contributed by atoms with E-state index in [9.17, 15) is 0 Å². The van der Waals surface area contributed by atoms with E-state index in [-0.39, 0.29) is 0 Å². The molecule has 1 radical (unpaired) electrons. The van der Waals surface area contributed by atoms with E-state index < -0.39 is 0 Å². The molecule has 0 saturated heterocycles. The van der Waals surface area contributed by atoms with Crippen molar-refractivity contribution in [2.45, 2.75) is 40.5 Å². The standard InChI is InChI=1S/C9H19/c1-6-9(4,5)7-8(2)3/h8H,1,6-7H2,2-5H3. The van der Waals surface area contributed by atoms with E-state index >= 15 is 0 Å². The average molecular weight is 127 g/mol. The summed E-state index contributed by atoms with van der Waals surface area (Å²) in [6, 6.07) is 0. The van der Waals surface area contributed by atoms with Gasteiger partial charge in [0.25, 0.3) is 0 Å². The van der Waals surface area contributed by atoms with Gasteiger partial charge in [-0.2, -0.15) is 0 Å². The van der Waals surface area contributed by atoms with Crippen LogP contribution in [-0.4, -0.2) is 0 Å². The maximum atomic E-state index is 3.91. The van der Waals surface area contributed by atoms with Crippen LogP contribution < -0.4 is 0 Å². The third kappa shape index (κ3) is 4.50. The summed E-state index contributed by atoms with van der Waals surface area (Å²) in [6.07, 6.45) is 2.34. The van der Waals surface area contributed by atoms with Crippen molar-refractivity contribution in [1.82, 2.24) is 0 Å². The third-order valence-electron chi connectivity index (χ3n) is 1.64. The maximum absolute atomic E-state index is 3.91. The zero-order valence-electron chi connectivity index (χ0n) is 7.20. The van der Waals surface area contributed by atoms with E-state index in [4.69, 9.17) is 0 Å². The molecule has 0 aromatic rings. The molecule has 0 aliphatic rings. The van der Waals surface area contributed by atoms with Crippen LogP contribution in [0, 0.1) is 18.3 Å². The Labute approximate surface area is 59.7 Å². The van der Waals surface area contributed by atoms with Gasteiger partial charge in [0.1, 0.15) is 0 Å². The van der Waals surface area contributed by atoms with Gasteiger partial charge in [0, 0.05) is 0 Å². The molecule has 0 unspecified atom stereocenters. The van der Waals surface area contributed by atoms with Crippen LogP contribution in [0.5, 0.6) is 0 Å². The summed E-state index contributed by atoms with van der Waals surface area (Å²) in [7, 11) is 0. The molecule has 0 spiro atoms. The first kappa shape index (κ1) is 9.00. The normalized spacial score (nSPS) is 12.7. The average Bonchev–Trinajstić information content (AvgIpc) is 1.63. The lowest BCUT2D eigenvalue weighted by Gasteiger charge is -2.24. The second-order valence-electron chi connectivity index (χ2n) is 4.01. The van der Waals surface area contributed by atoms with Crippen LogP contribution in [-0.2, 0) is 0 Å². The van der Waals surface area contributed by atoms with Gasteiger partial charge in [-0.25, -0.2) is 0 Å². The van der Waals surface area contributed by atoms with Crippen LogP contribution in [0.3, 0.4) is 0 Å². The minimum atomic E-state index is 0.453. The molecule has 0 heterocycles. The first-order chi connectivity index (χ1) is 3.98. The molecule has 0 heteroatoms. The van der Waals surface area contributed by atoms with Gasteiger partial charge in [-0.3, -0.25) is 0 Å².